The number of carbonyl (C=O) groups excluding carboxylic acids is 1. The fourth-order valence-electron chi connectivity index (χ4n) is 4.50. The second-order valence-corrected chi connectivity index (χ2v) is 8.34. The molecule has 2 saturated heterocycles. The summed E-state index contributed by atoms with van der Waals surface area (Å²) >= 11 is 0. The summed E-state index contributed by atoms with van der Waals surface area (Å²) in [7, 11) is 0. The lowest BCUT2D eigenvalue weighted by atomic mass is 10.1. The number of ether oxygens (including phenoxy) is 1. The van der Waals surface area contributed by atoms with E-state index >= 15 is 0 Å². The van der Waals surface area contributed by atoms with Gasteiger partial charge in [0.1, 0.15) is 17.6 Å². The first kappa shape index (κ1) is 20.0. The molecule has 2 aromatic rings. The fourth-order valence-corrected chi connectivity index (χ4v) is 4.50. The van der Waals surface area contributed by atoms with Gasteiger partial charge in [-0.2, -0.15) is 5.10 Å². The Morgan fingerprint density at radius 1 is 1.35 bits per heavy atom. The van der Waals surface area contributed by atoms with Gasteiger partial charge in [-0.15, -0.1) is 0 Å². The van der Waals surface area contributed by atoms with Crippen molar-refractivity contribution in [3.63, 3.8) is 0 Å². The van der Waals surface area contributed by atoms with Crippen LogP contribution in [0.4, 0.5) is 27.4 Å². The van der Waals surface area contributed by atoms with E-state index in [9.17, 15) is 9.18 Å². The molecule has 1 amide bonds. The smallest absolute Gasteiger partial charge is 0.263 e. The van der Waals surface area contributed by atoms with E-state index < -0.39 is 12.1 Å². The number of pyridine rings is 1. The summed E-state index contributed by atoms with van der Waals surface area (Å²) in [6.45, 7) is 6.70. The Balaban J connectivity index is 1.35. The molecular weight excluding hydrogens is 403 g/mol. The average Bonchev–Trinajstić information content (AvgIpc) is 3.02. The number of nitrogens with one attached hydrogen (secondary N) is 2. The Kier molecular flexibility index (Phi) is 5.14. The Morgan fingerprint density at radius 3 is 2.94 bits per heavy atom. The quantitative estimate of drug-likeness (QED) is 0.652. The van der Waals surface area contributed by atoms with E-state index in [-0.39, 0.29) is 30.5 Å². The van der Waals surface area contributed by atoms with Crippen LogP contribution >= 0.6 is 0 Å². The molecule has 2 fully saturated rings. The maximum atomic E-state index is 13.7. The number of alkyl halides is 1. The van der Waals surface area contributed by atoms with E-state index in [0.717, 1.165) is 38.5 Å². The molecule has 0 bridgehead atoms. The fraction of sp³-hybridized carbons (Fsp3) is 0.550. The molecule has 2 atom stereocenters. The van der Waals surface area contributed by atoms with Gasteiger partial charge in [-0.05, 0) is 13.0 Å². The summed E-state index contributed by atoms with van der Waals surface area (Å²) in [6.07, 6.45) is 2.30. The lowest BCUT2D eigenvalue weighted by Crippen LogP contribution is -2.59. The Labute approximate surface area is 179 Å². The van der Waals surface area contributed by atoms with Crippen LogP contribution in [0.3, 0.4) is 0 Å². The van der Waals surface area contributed by atoms with Gasteiger partial charge in [0, 0.05) is 38.4 Å². The highest BCUT2D eigenvalue weighted by Gasteiger charge is 2.33. The van der Waals surface area contributed by atoms with Crippen molar-refractivity contribution in [2.75, 3.05) is 60.7 Å². The van der Waals surface area contributed by atoms with Gasteiger partial charge in [0.2, 0.25) is 0 Å². The molecule has 31 heavy (non-hydrogen) atoms. The van der Waals surface area contributed by atoms with Crippen molar-refractivity contribution < 1.29 is 13.9 Å². The summed E-state index contributed by atoms with van der Waals surface area (Å²) in [6, 6.07) is 2.69. The van der Waals surface area contributed by atoms with Crippen molar-refractivity contribution >= 4 is 28.9 Å². The molecule has 3 aliphatic heterocycles. The van der Waals surface area contributed by atoms with E-state index in [1.807, 2.05) is 6.07 Å². The van der Waals surface area contributed by atoms with Crippen molar-refractivity contribution in [2.45, 2.75) is 31.7 Å². The van der Waals surface area contributed by atoms with Crippen LogP contribution in [0.15, 0.2) is 18.5 Å². The van der Waals surface area contributed by atoms with Crippen LogP contribution in [0.1, 0.15) is 17.3 Å². The van der Waals surface area contributed by atoms with Crippen LogP contribution in [0.25, 0.3) is 0 Å². The normalized spacial score (nSPS) is 24.3. The number of rotatable bonds is 4. The molecule has 3 aliphatic rings. The number of hydrogen-bond acceptors (Lipinski definition) is 8. The summed E-state index contributed by atoms with van der Waals surface area (Å²) in [4.78, 5) is 22.1. The van der Waals surface area contributed by atoms with Gasteiger partial charge in [-0.1, -0.05) is 0 Å². The first-order chi connectivity index (χ1) is 15.0. The maximum Gasteiger partial charge on any atom is 0.263 e. The Morgan fingerprint density at radius 2 is 2.19 bits per heavy atom. The zero-order valence-corrected chi connectivity index (χ0v) is 17.4. The van der Waals surface area contributed by atoms with E-state index in [0.29, 0.717) is 17.5 Å². The number of nitrogens with zero attached hydrogens (tertiary/aromatic N) is 5. The van der Waals surface area contributed by atoms with Crippen molar-refractivity contribution in [3.8, 4) is 0 Å². The number of fused-ring (bicyclic) bond motifs is 1. The summed E-state index contributed by atoms with van der Waals surface area (Å²) in [5.41, 5.74) is 7.74. The molecule has 2 aromatic heterocycles. The Bertz CT molecular complexity index is 978. The van der Waals surface area contributed by atoms with Gasteiger partial charge in [-0.3, -0.25) is 14.7 Å². The minimum atomic E-state index is -1.07. The van der Waals surface area contributed by atoms with Gasteiger partial charge in [-0.25, -0.2) is 9.07 Å². The predicted molar refractivity (Wildman–Crippen MR) is 115 cm³/mol. The predicted octanol–water partition coefficient (Wildman–Crippen LogP) is 0.786. The number of piperazine rings is 1. The third-order valence-electron chi connectivity index (χ3n) is 6.22. The molecule has 11 heteroatoms. The molecule has 0 spiro atoms. The second kappa shape index (κ2) is 7.97. The van der Waals surface area contributed by atoms with Gasteiger partial charge < -0.3 is 26.0 Å². The molecule has 5 rings (SSSR count). The number of carbonyl (C=O) groups is 1. The summed E-state index contributed by atoms with van der Waals surface area (Å²) < 4.78 is 20.4. The van der Waals surface area contributed by atoms with E-state index in [4.69, 9.17) is 10.5 Å². The first-order valence-corrected chi connectivity index (χ1v) is 10.6. The number of halogens is 1. The molecule has 0 saturated carbocycles. The minimum absolute atomic E-state index is 0.0734. The number of anilines is 4. The third kappa shape index (κ3) is 3.68. The van der Waals surface area contributed by atoms with Crippen molar-refractivity contribution in [1.82, 2.24) is 19.7 Å². The average molecular weight is 430 g/mol. The Hall–Kier alpha value is -2.92. The molecule has 5 heterocycles. The highest BCUT2D eigenvalue weighted by Crippen LogP contribution is 2.32. The molecule has 10 nitrogen and oxygen atoms in total. The highest BCUT2D eigenvalue weighted by molar-refractivity contribution is 6.11. The number of amides is 1. The summed E-state index contributed by atoms with van der Waals surface area (Å²) in [5, 5.41) is 9.98. The van der Waals surface area contributed by atoms with E-state index in [1.54, 1.807) is 12.4 Å². The highest BCUT2D eigenvalue weighted by atomic mass is 19.1. The number of hydrogen-bond donors (Lipinski definition) is 3. The second-order valence-electron chi connectivity index (χ2n) is 8.34. The standard InChI is InChI=1S/C20H27FN8O2/c1-12-8-27(14-10-31-11-14)4-5-28(12)16-2-3-23-7-15(16)25-20(30)17-18(22)26-29-9-13(21)6-24-19(17)29/h2-3,7,12-14,24H,4-6,8-11H2,1H3,(H2,22,26)(H,25,30)/t12-,13?/m1/s1. The van der Waals surface area contributed by atoms with Crippen molar-refractivity contribution in [3.05, 3.63) is 24.0 Å². The maximum absolute atomic E-state index is 13.7. The zero-order chi connectivity index (χ0) is 21.5. The van der Waals surface area contributed by atoms with E-state index in [1.165, 1.54) is 4.68 Å². The first-order valence-electron chi connectivity index (χ1n) is 10.6. The van der Waals surface area contributed by atoms with Crippen LogP contribution in [-0.2, 0) is 11.3 Å². The molecular formula is C20H27FN8O2. The van der Waals surface area contributed by atoms with Crippen molar-refractivity contribution in [2.24, 2.45) is 0 Å². The molecule has 166 valence electrons. The van der Waals surface area contributed by atoms with Gasteiger partial charge in [0.15, 0.2) is 5.82 Å². The topological polar surface area (TPSA) is 114 Å². The molecule has 0 aliphatic carbocycles. The van der Waals surface area contributed by atoms with Gasteiger partial charge >= 0.3 is 0 Å². The SMILES string of the molecule is C[C@@H]1CN(C2COC2)CCN1c1ccncc1NC(=O)c1c(N)nn2c1NCC(F)C2. The lowest BCUT2D eigenvalue weighted by molar-refractivity contribution is -0.0691. The zero-order valence-electron chi connectivity index (χ0n) is 17.4. The molecule has 0 aromatic carbocycles. The third-order valence-corrected chi connectivity index (χ3v) is 6.22. The number of nitrogens with two attached hydrogens (primary N) is 1. The van der Waals surface area contributed by atoms with Gasteiger partial charge in [0.05, 0.1) is 43.4 Å². The van der Waals surface area contributed by atoms with Gasteiger partial charge in [0.25, 0.3) is 5.91 Å². The van der Waals surface area contributed by atoms with Crippen LogP contribution in [0.5, 0.6) is 0 Å². The van der Waals surface area contributed by atoms with Crippen LogP contribution in [0.2, 0.25) is 0 Å². The molecule has 1 unspecified atom stereocenters. The molecule has 4 N–H and O–H groups in total. The van der Waals surface area contributed by atoms with Crippen molar-refractivity contribution in [1.29, 1.82) is 0 Å². The minimum Gasteiger partial charge on any atom is -0.381 e. The summed E-state index contributed by atoms with van der Waals surface area (Å²) in [5.74, 6) is 0.124. The largest absolute Gasteiger partial charge is 0.381 e. The monoisotopic (exact) mass is 430 g/mol. The van der Waals surface area contributed by atoms with Crippen LogP contribution < -0.4 is 21.3 Å². The molecule has 0 radical (unpaired) electrons. The van der Waals surface area contributed by atoms with E-state index in [2.05, 4.69) is 37.4 Å². The number of nitrogen functional groups attached to an aromatic ring is 1. The van der Waals surface area contributed by atoms with Crippen LogP contribution in [0, 0.1) is 0 Å². The number of aromatic nitrogens is 3. The van der Waals surface area contributed by atoms with Crippen LogP contribution in [-0.4, -0.2) is 83.2 Å². The lowest BCUT2D eigenvalue weighted by Gasteiger charge is -2.46.